The number of nitrogens with one attached hydrogen (secondary N) is 2. The van der Waals surface area contributed by atoms with Gasteiger partial charge in [0.25, 0.3) is 0 Å². The van der Waals surface area contributed by atoms with Crippen molar-refractivity contribution in [3.8, 4) is 17.6 Å². The number of rotatable bonds is 4. The van der Waals surface area contributed by atoms with Crippen LogP contribution in [0.3, 0.4) is 0 Å². The molecule has 0 atom stereocenters. The Hall–Kier alpha value is -3.90. The zero-order valence-electron chi connectivity index (χ0n) is 17.5. The number of likely N-dealkylation sites (tertiary alicyclic amines) is 1. The van der Waals surface area contributed by atoms with Gasteiger partial charge in [-0.15, -0.1) is 0 Å². The van der Waals surface area contributed by atoms with Crippen LogP contribution in [-0.4, -0.2) is 66.3 Å². The fourth-order valence-electron chi connectivity index (χ4n) is 3.15. The summed E-state index contributed by atoms with van der Waals surface area (Å²) in [6, 6.07) is 5.18. The van der Waals surface area contributed by atoms with Crippen LogP contribution in [0, 0.1) is 11.8 Å². The fourth-order valence-corrected chi connectivity index (χ4v) is 3.15. The molecule has 0 saturated carbocycles. The minimum atomic E-state index is -0.210. The second kappa shape index (κ2) is 8.85. The van der Waals surface area contributed by atoms with Gasteiger partial charge < -0.3 is 19.7 Å². The summed E-state index contributed by atoms with van der Waals surface area (Å²) < 4.78 is 10.3. The Morgan fingerprint density at radius 1 is 1.10 bits per heavy atom. The number of carbonyl (C=O) groups is 1. The number of aromatic nitrogens is 3. The molecule has 1 aliphatic rings. The van der Waals surface area contributed by atoms with Gasteiger partial charge in [0.2, 0.25) is 0 Å². The minimum absolute atomic E-state index is 0.0908. The molecule has 1 aliphatic heterocycles. The molecule has 9 heteroatoms. The van der Waals surface area contributed by atoms with E-state index in [-0.39, 0.29) is 12.1 Å². The summed E-state index contributed by atoms with van der Waals surface area (Å²) in [5.41, 5.74) is 1.31. The zero-order valence-corrected chi connectivity index (χ0v) is 17.5. The molecule has 0 unspecified atom stereocenters. The summed E-state index contributed by atoms with van der Waals surface area (Å²) in [5, 5.41) is 7.52. The summed E-state index contributed by atoms with van der Waals surface area (Å²) in [6.45, 7) is 1.13. The number of carbonyl (C=O) groups excluding carboxylic acids is 1. The fraction of sp³-hybridized carbons (Fsp3) is 0.273. The van der Waals surface area contributed by atoms with Crippen molar-refractivity contribution in [3.63, 3.8) is 0 Å². The van der Waals surface area contributed by atoms with Gasteiger partial charge in [-0.3, -0.25) is 5.32 Å². The number of anilines is 2. The monoisotopic (exact) mass is 418 g/mol. The molecule has 3 aromatic rings. The molecule has 4 rings (SSSR count). The lowest BCUT2D eigenvalue weighted by Gasteiger charge is -2.37. The van der Waals surface area contributed by atoms with Crippen LogP contribution < -0.4 is 15.4 Å². The average molecular weight is 418 g/mol. The maximum Gasteiger partial charge on any atom is 0.323 e. The molecule has 158 valence electrons. The Balaban J connectivity index is 1.63. The molecule has 0 spiro atoms. The number of pyridine rings is 3. The summed E-state index contributed by atoms with van der Waals surface area (Å²) in [6.07, 6.45) is 5.07. The first-order valence-electron chi connectivity index (χ1n) is 9.68. The van der Waals surface area contributed by atoms with Gasteiger partial charge in [-0.2, -0.15) is 0 Å². The topological polar surface area (TPSA) is 102 Å². The molecule has 9 nitrogen and oxygen atoms in total. The number of amides is 2. The van der Waals surface area contributed by atoms with E-state index in [1.807, 2.05) is 0 Å². The highest BCUT2D eigenvalue weighted by atomic mass is 16.5. The predicted octanol–water partition coefficient (Wildman–Crippen LogP) is 2.34. The third kappa shape index (κ3) is 4.34. The number of fused-ring (bicyclic) bond motifs is 1. The molecular formula is C22H22N6O3. The van der Waals surface area contributed by atoms with Gasteiger partial charge in [-0.05, 0) is 24.1 Å². The van der Waals surface area contributed by atoms with E-state index in [1.54, 1.807) is 63.0 Å². The lowest BCUT2D eigenvalue weighted by atomic mass is 10.1. The summed E-state index contributed by atoms with van der Waals surface area (Å²) in [7, 11) is 5.02. The first kappa shape index (κ1) is 20.4. The highest BCUT2D eigenvalue weighted by molar-refractivity contribution is 5.98. The first-order chi connectivity index (χ1) is 15.1. The molecule has 0 aromatic carbocycles. The molecule has 0 aliphatic carbocycles. The third-order valence-electron chi connectivity index (χ3n) is 5.01. The maximum atomic E-state index is 12.4. The second-order valence-electron chi connectivity index (χ2n) is 6.91. The molecule has 3 aromatic heterocycles. The lowest BCUT2D eigenvalue weighted by molar-refractivity contribution is -0.00467. The van der Waals surface area contributed by atoms with Crippen LogP contribution in [0.1, 0.15) is 11.3 Å². The van der Waals surface area contributed by atoms with E-state index in [1.165, 1.54) is 0 Å². The van der Waals surface area contributed by atoms with Crippen LogP contribution in [0.25, 0.3) is 10.8 Å². The Labute approximate surface area is 179 Å². The predicted molar refractivity (Wildman–Crippen MR) is 117 cm³/mol. The number of nitrogens with zero attached hydrogens (tertiary/aromatic N) is 4. The van der Waals surface area contributed by atoms with Gasteiger partial charge in [-0.25, -0.2) is 19.7 Å². The normalized spacial score (nSPS) is 13.2. The van der Waals surface area contributed by atoms with Crippen molar-refractivity contribution in [3.05, 3.63) is 48.0 Å². The van der Waals surface area contributed by atoms with E-state index in [0.29, 0.717) is 41.7 Å². The van der Waals surface area contributed by atoms with Crippen LogP contribution in [0.4, 0.5) is 16.4 Å². The maximum absolute atomic E-state index is 12.4. The quantitative estimate of drug-likeness (QED) is 0.627. The summed E-state index contributed by atoms with van der Waals surface area (Å²) in [4.78, 5) is 27.1. The molecule has 0 bridgehead atoms. The summed E-state index contributed by atoms with van der Waals surface area (Å²) >= 11 is 0. The van der Waals surface area contributed by atoms with Crippen molar-refractivity contribution in [2.75, 3.05) is 45.0 Å². The molecule has 1 fully saturated rings. The van der Waals surface area contributed by atoms with Crippen LogP contribution >= 0.6 is 0 Å². The molecular weight excluding hydrogens is 396 g/mol. The van der Waals surface area contributed by atoms with Crippen molar-refractivity contribution in [1.82, 2.24) is 19.9 Å². The van der Waals surface area contributed by atoms with Gasteiger partial charge in [0.15, 0.2) is 0 Å². The second-order valence-corrected chi connectivity index (χ2v) is 6.91. The van der Waals surface area contributed by atoms with Gasteiger partial charge in [0.1, 0.15) is 23.1 Å². The number of hydrogen-bond acceptors (Lipinski definition) is 7. The van der Waals surface area contributed by atoms with Crippen molar-refractivity contribution in [2.24, 2.45) is 0 Å². The number of hydrogen-bond donors (Lipinski definition) is 2. The molecule has 2 amide bonds. The van der Waals surface area contributed by atoms with E-state index in [0.717, 1.165) is 10.8 Å². The van der Waals surface area contributed by atoms with E-state index in [2.05, 4.69) is 37.4 Å². The Morgan fingerprint density at radius 3 is 2.61 bits per heavy atom. The molecule has 31 heavy (non-hydrogen) atoms. The Kier molecular flexibility index (Phi) is 5.82. The van der Waals surface area contributed by atoms with Gasteiger partial charge in [-0.1, -0.05) is 5.92 Å². The van der Waals surface area contributed by atoms with Crippen molar-refractivity contribution in [2.45, 2.75) is 6.10 Å². The zero-order chi connectivity index (χ0) is 21.8. The average Bonchev–Trinajstić information content (AvgIpc) is 2.77. The largest absolute Gasteiger partial charge is 0.495 e. The summed E-state index contributed by atoms with van der Waals surface area (Å²) in [5.74, 6) is 7.95. The third-order valence-corrected chi connectivity index (χ3v) is 5.01. The number of urea groups is 1. The van der Waals surface area contributed by atoms with Crippen LogP contribution in [0.5, 0.6) is 5.75 Å². The Morgan fingerprint density at radius 2 is 1.94 bits per heavy atom. The van der Waals surface area contributed by atoms with Crippen LogP contribution in [0.15, 0.2) is 36.8 Å². The highest BCUT2D eigenvalue weighted by Gasteiger charge is 2.30. The molecule has 0 radical (unpaired) electrons. The van der Waals surface area contributed by atoms with Gasteiger partial charge in [0.05, 0.1) is 38.1 Å². The SMILES string of the molecule is CNc1ncc(C#Cc2ccc(OC)cn2)c2cc(NC(=O)N3CC(OC)C3)ncc12. The van der Waals surface area contributed by atoms with E-state index in [4.69, 9.17) is 9.47 Å². The van der Waals surface area contributed by atoms with Gasteiger partial charge >= 0.3 is 6.03 Å². The Bertz CT molecular complexity index is 1160. The van der Waals surface area contributed by atoms with E-state index in [9.17, 15) is 4.79 Å². The lowest BCUT2D eigenvalue weighted by Crippen LogP contribution is -2.55. The van der Waals surface area contributed by atoms with Crippen LogP contribution in [0.2, 0.25) is 0 Å². The van der Waals surface area contributed by atoms with E-state index < -0.39 is 0 Å². The van der Waals surface area contributed by atoms with Crippen LogP contribution in [-0.2, 0) is 4.74 Å². The van der Waals surface area contributed by atoms with Crippen molar-refractivity contribution < 1.29 is 14.3 Å². The number of ether oxygens (including phenoxy) is 2. The minimum Gasteiger partial charge on any atom is -0.495 e. The smallest absolute Gasteiger partial charge is 0.323 e. The molecule has 4 heterocycles. The highest BCUT2D eigenvalue weighted by Crippen LogP contribution is 2.26. The molecule has 2 N–H and O–H groups in total. The van der Waals surface area contributed by atoms with Gasteiger partial charge in [0, 0.05) is 37.3 Å². The number of methoxy groups -OCH3 is 2. The van der Waals surface area contributed by atoms with Crippen molar-refractivity contribution in [1.29, 1.82) is 0 Å². The standard InChI is InChI=1S/C22H22N6O3/c1-23-21-19-11-25-20(27-22(29)28-12-17(13-28)31-3)8-18(19)14(9-26-21)4-5-15-6-7-16(30-2)10-24-15/h6-11,17H,12-13H2,1-3H3,(H,23,26)(H,25,27,29). The van der Waals surface area contributed by atoms with E-state index >= 15 is 0 Å². The van der Waals surface area contributed by atoms with Crippen molar-refractivity contribution >= 4 is 28.4 Å². The molecule has 1 saturated heterocycles. The first-order valence-corrected chi connectivity index (χ1v) is 9.68.